The van der Waals surface area contributed by atoms with Crippen LogP contribution in [0.2, 0.25) is 0 Å². The van der Waals surface area contributed by atoms with E-state index < -0.39 is 0 Å². The number of benzene rings is 3. The van der Waals surface area contributed by atoms with E-state index in [9.17, 15) is 9.59 Å². The number of rotatable bonds is 9. The molecule has 0 saturated heterocycles. The van der Waals surface area contributed by atoms with Gasteiger partial charge < -0.3 is 15.0 Å². The molecule has 4 aromatic rings. The molecular weight excluding hydrogens is 508 g/mol. The van der Waals surface area contributed by atoms with Crippen molar-refractivity contribution >= 4 is 33.6 Å². The minimum atomic E-state index is -0.330. The molecule has 3 aromatic carbocycles. The van der Waals surface area contributed by atoms with Gasteiger partial charge in [-0.2, -0.15) is 5.10 Å². The van der Waals surface area contributed by atoms with Crippen LogP contribution in [0.1, 0.15) is 10.4 Å². The summed E-state index contributed by atoms with van der Waals surface area (Å²) in [5.74, 6) is -0.0580. The van der Waals surface area contributed by atoms with E-state index >= 15 is 0 Å². The minimum Gasteiger partial charge on any atom is -0.383 e. The zero-order chi connectivity index (χ0) is 24.6. The van der Waals surface area contributed by atoms with Crippen molar-refractivity contribution in [2.24, 2.45) is 0 Å². The van der Waals surface area contributed by atoms with E-state index in [4.69, 9.17) is 9.84 Å². The van der Waals surface area contributed by atoms with Gasteiger partial charge in [-0.15, -0.1) is 0 Å². The van der Waals surface area contributed by atoms with Crippen LogP contribution >= 0.6 is 15.9 Å². The third-order valence-corrected chi connectivity index (χ3v) is 5.85. The second kappa shape index (κ2) is 11.6. The summed E-state index contributed by atoms with van der Waals surface area (Å²) in [4.78, 5) is 27.7. The number of amides is 2. The highest BCUT2D eigenvalue weighted by Gasteiger charge is 2.20. The largest absolute Gasteiger partial charge is 0.383 e. The van der Waals surface area contributed by atoms with Crippen molar-refractivity contribution in [3.63, 3.8) is 0 Å². The van der Waals surface area contributed by atoms with Gasteiger partial charge in [0.05, 0.1) is 18.0 Å². The molecule has 1 aromatic heterocycles. The zero-order valence-corrected chi connectivity index (χ0v) is 20.8. The number of carbonyl (C=O) groups excluding carboxylic acids is 2. The predicted molar refractivity (Wildman–Crippen MR) is 140 cm³/mol. The van der Waals surface area contributed by atoms with Crippen molar-refractivity contribution in [1.82, 2.24) is 14.7 Å². The van der Waals surface area contributed by atoms with Gasteiger partial charge in [-0.05, 0) is 36.4 Å². The first kappa shape index (κ1) is 24.4. The van der Waals surface area contributed by atoms with Crippen molar-refractivity contribution < 1.29 is 14.3 Å². The topological polar surface area (TPSA) is 76.5 Å². The summed E-state index contributed by atoms with van der Waals surface area (Å²) < 4.78 is 7.72. The van der Waals surface area contributed by atoms with Gasteiger partial charge in [-0.3, -0.25) is 9.59 Å². The van der Waals surface area contributed by atoms with Crippen LogP contribution in [0, 0.1) is 0 Å². The fraction of sp³-hybridized carbons (Fsp3) is 0.148. The van der Waals surface area contributed by atoms with Gasteiger partial charge >= 0.3 is 0 Å². The van der Waals surface area contributed by atoms with Crippen molar-refractivity contribution in [1.29, 1.82) is 0 Å². The Morgan fingerprint density at radius 3 is 2.29 bits per heavy atom. The molecule has 7 nitrogen and oxygen atoms in total. The molecule has 178 valence electrons. The monoisotopic (exact) mass is 532 g/mol. The molecule has 0 radical (unpaired) electrons. The van der Waals surface area contributed by atoms with Crippen LogP contribution in [0.5, 0.6) is 0 Å². The summed E-state index contributed by atoms with van der Waals surface area (Å²) >= 11 is 3.38. The molecule has 0 aliphatic carbocycles. The molecule has 0 saturated carbocycles. The van der Waals surface area contributed by atoms with Crippen LogP contribution in [-0.4, -0.2) is 53.3 Å². The van der Waals surface area contributed by atoms with Gasteiger partial charge in [0.25, 0.3) is 5.91 Å². The standard InChI is InChI=1S/C27H25BrN4O3/c1-35-17-16-31(27(34)21-12-14-22(28)15-13-21)19-26(33)29-25-18-24(20-8-4-2-5-9-20)30-32(25)23-10-6-3-7-11-23/h2-15,18H,16-17,19H2,1H3,(H,29,33). The van der Waals surface area contributed by atoms with Crippen molar-refractivity contribution in [3.8, 4) is 16.9 Å². The van der Waals surface area contributed by atoms with E-state index in [1.54, 1.807) is 36.1 Å². The predicted octanol–water partition coefficient (Wildman–Crippen LogP) is 5.03. The summed E-state index contributed by atoms with van der Waals surface area (Å²) in [5, 5.41) is 7.66. The average Bonchev–Trinajstić information content (AvgIpc) is 3.31. The number of nitrogens with zero attached hydrogens (tertiary/aromatic N) is 3. The SMILES string of the molecule is COCCN(CC(=O)Nc1cc(-c2ccccc2)nn1-c1ccccc1)C(=O)c1ccc(Br)cc1. The van der Waals surface area contributed by atoms with Crippen LogP contribution < -0.4 is 5.32 Å². The molecule has 0 bridgehead atoms. The Kier molecular flexibility index (Phi) is 8.07. The van der Waals surface area contributed by atoms with Crippen molar-refractivity contribution in [3.05, 3.63) is 101 Å². The summed E-state index contributed by atoms with van der Waals surface area (Å²) in [5.41, 5.74) is 2.97. The van der Waals surface area contributed by atoms with Gasteiger partial charge in [-0.25, -0.2) is 4.68 Å². The first-order valence-corrected chi connectivity index (χ1v) is 11.9. The van der Waals surface area contributed by atoms with Gasteiger partial charge in [0.2, 0.25) is 5.91 Å². The summed E-state index contributed by atoms with van der Waals surface area (Å²) in [6.07, 6.45) is 0. The maximum absolute atomic E-state index is 13.1. The number of carbonyl (C=O) groups is 2. The van der Waals surface area contributed by atoms with Crippen molar-refractivity contribution in [2.45, 2.75) is 0 Å². The molecule has 0 atom stereocenters. The summed E-state index contributed by atoms with van der Waals surface area (Å²) in [6.45, 7) is 0.473. The molecule has 2 amide bonds. The fourth-order valence-electron chi connectivity index (χ4n) is 3.57. The molecule has 1 heterocycles. The highest BCUT2D eigenvalue weighted by molar-refractivity contribution is 9.10. The third kappa shape index (κ3) is 6.23. The molecule has 8 heteroatoms. The normalized spacial score (nSPS) is 10.7. The smallest absolute Gasteiger partial charge is 0.254 e. The van der Waals surface area contributed by atoms with E-state index in [-0.39, 0.29) is 24.9 Å². The van der Waals surface area contributed by atoms with Gasteiger partial charge in [0.15, 0.2) is 0 Å². The second-order valence-corrected chi connectivity index (χ2v) is 8.72. The number of anilines is 1. The van der Waals surface area contributed by atoms with E-state index in [1.807, 2.05) is 66.7 Å². The highest BCUT2D eigenvalue weighted by atomic mass is 79.9. The van der Waals surface area contributed by atoms with Crippen LogP contribution in [0.4, 0.5) is 5.82 Å². The van der Waals surface area contributed by atoms with Gasteiger partial charge in [0.1, 0.15) is 12.4 Å². The maximum atomic E-state index is 13.1. The van der Waals surface area contributed by atoms with Gasteiger partial charge in [0, 0.05) is 35.3 Å². The zero-order valence-electron chi connectivity index (χ0n) is 19.2. The number of hydrogen-bond donors (Lipinski definition) is 1. The van der Waals surface area contributed by atoms with E-state index in [1.165, 1.54) is 4.90 Å². The molecule has 1 N–H and O–H groups in total. The maximum Gasteiger partial charge on any atom is 0.254 e. The third-order valence-electron chi connectivity index (χ3n) is 5.33. The molecule has 0 unspecified atom stereocenters. The van der Waals surface area contributed by atoms with Crippen LogP contribution in [0.3, 0.4) is 0 Å². The number of aromatic nitrogens is 2. The number of para-hydroxylation sites is 1. The number of halogens is 1. The minimum absolute atomic E-state index is 0.126. The van der Waals surface area contributed by atoms with Crippen molar-refractivity contribution in [2.75, 3.05) is 32.1 Å². The van der Waals surface area contributed by atoms with Crippen LogP contribution in [0.25, 0.3) is 16.9 Å². The molecular formula is C27H25BrN4O3. The first-order valence-electron chi connectivity index (χ1n) is 11.1. The lowest BCUT2D eigenvalue weighted by atomic mass is 10.1. The number of methoxy groups -OCH3 is 1. The van der Waals surface area contributed by atoms with Crippen LogP contribution in [0.15, 0.2) is 95.5 Å². The molecule has 35 heavy (non-hydrogen) atoms. The molecule has 4 rings (SSSR count). The fourth-order valence-corrected chi connectivity index (χ4v) is 3.84. The van der Waals surface area contributed by atoms with Crippen LogP contribution in [-0.2, 0) is 9.53 Å². The Hall–Kier alpha value is -3.75. The Morgan fingerprint density at radius 2 is 1.63 bits per heavy atom. The molecule has 0 spiro atoms. The van der Waals surface area contributed by atoms with E-state index in [0.717, 1.165) is 21.4 Å². The van der Waals surface area contributed by atoms with Gasteiger partial charge in [-0.1, -0.05) is 64.5 Å². The Balaban J connectivity index is 1.58. The quantitative estimate of drug-likeness (QED) is 0.328. The molecule has 0 aliphatic rings. The lowest BCUT2D eigenvalue weighted by Gasteiger charge is -2.22. The van der Waals surface area contributed by atoms with E-state index in [0.29, 0.717) is 18.0 Å². The highest BCUT2D eigenvalue weighted by Crippen LogP contribution is 2.24. The Bertz CT molecular complexity index is 1280. The lowest BCUT2D eigenvalue weighted by Crippen LogP contribution is -2.40. The summed E-state index contributed by atoms with van der Waals surface area (Å²) in [7, 11) is 1.56. The summed E-state index contributed by atoms with van der Waals surface area (Å²) in [6, 6.07) is 28.2. The number of ether oxygens (including phenoxy) is 1. The molecule has 0 fully saturated rings. The first-order chi connectivity index (χ1) is 17.0. The Labute approximate surface area is 212 Å². The second-order valence-electron chi connectivity index (χ2n) is 7.80. The molecule has 0 aliphatic heterocycles. The number of nitrogens with one attached hydrogen (secondary N) is 1. The Morgan fingerprint density at radius 1 is 0.971 bits per heavy atom. The lowest BCUT2D eigenvalue weighted by molar-refractivity contribution is -0.117. The number of hydrogen-bond acceptors (Lipinski definition) is 4. The van der Waals surface area contributed by atoms with E-state index in [2.05, 4.69) is 21.2 Å². The average molecular weight is 533 g/mol.